The molecular weight excluding hydrogens is 297 g/mol. The fraction of sp³-hybridized carbons (Fsp3) is 0.533. The lowest BCUT2D eigenvalue weighted by Crippen LogP contribution is -2.36. The minimum Gasteiger partial charge on any atom is -0.362 e. The first kappa shape index (κ1) is 18.4. The third kappa shape index (κ3) is 6.91. The van der Waals surface area contributed by atoms with Crippen molar-refractivity contribution >= 4 is 5.91 Å². The highest BCUT2D eigenvalue weighted by atomic mass is 19.4. The van der Waals surface area contributed by atoms with E-state index in [2.05, 4.69) is 10.1 Å². The van der Waals surface area contributed by atoms with E-state index < -0.39 is 25.3 Å². The van der Waals surface area contributed by atoms with E-state index in [0.717, 1.165) is 11.1 Å². The van der Waals surface area contributed by atoms with Crippen LogP contribution in [0.4, 0.5) is 13.2 Å². The highest BCUT2D eigenvalue weighted by Crippen LogP contribution is 2.18. The molecule has 4 nitrogen and oxygen atoms in total. The maximum Gasteiger partial charge on any atom is 0.411 e. The largest absolute Gasteiger partial charge is 0.411 e. The molecule has 0 saturated heterocycles. The predicted octanol–water partition coefficient (Wildman–Crippen LogP) is 2.29. The number of hydrogen-bond donors (Lipinski definition) is 1. The van der Waals surface area contributed by atoms with Gasteiger partial charge in [-0.15, -0.1) is 0 Å². The molecular formula is C15H21F3N2O2. The topological polar surface area (TPSA) is 41.6 Å². The number of aryl methyl sites for hydroxylation is 1. The fourth-order valence-corrected chi connectivity index (χ4v) is 1.91. The highest BCUT2D eigenvalue weighted by molar-refractivity contribution is 5.77. The van der Waals surface area contributed by atoms with Gasteiger partial charge in [0.1, 0.15) is 13.2 Å². The minimum atomic E-state index is -4.42. The van der Waals surface area contributed by atoms with Crippen LogP contribution < -0.4 is 5.32 Å². The molecule has 1 amide bonds. The second kappa shape index (κ2) is 8.14. The lowest BCUT2D eigenvalue weighted by atomic mass is 10.0. The van der Waals surface area contributed by atoms with E-state index in [9.17, 15) is 18.0 Å². The Bertz CT molecular complexity index is 473. The minimum absolute atomic E-state index is 0.0628. The average Bonchev–Trinajstić information content (AvgIpc) is 2.39. The van der Waals surface area contributed by atoms with Gasteiger partial charge < -0.3 is 15.0 Å². The Hall–Kier alpha value is -1.60. The third-order valence-corrected chi connectivity index (χ3v) is 3.08. The van der Waals surface area contributed by atoms with Crippen LogP contribution in [0.2, 0.25) is 0 Å². The second-order valence-corrected chi connectivity index (χ2v) is 5.30. The molecule has 1 unspecified atom stereocenters. The smallest absolute Gasteiger partial charge is 0.362 e. The molecule has 0 aliphatic carbocycles. The Kier molecular flexibility index (Phi) is 6.83. The SMILES string of the molecule is Cc1ccc(C(CNC(=O)COCC(F)(F)F)N(C)C)cc1. The molecule has 0 aromatic heterocycles. The summed E-state index contributed by atoms with van der Waals surface area (Å²) in [6.45, 7) is 0.252. The van der Waals surface area contributed by atoms with Gasteiger partial charge in [-0.2, -0.15) is 13.2 Å². The number of benzene rings is 1. The van der Waals surface area contributed by atoms with Gasteiger partial charge in [-0.25, -0.2) is 0 Å². The summed E-state index contributed by atoms with van der Waals surface area (Å²) in [4.78, 5) is 13.5. The van der Waals surface area contributed by atoms with Crippen LogP contribution in [0.25, 0.3) is 0 Å². The van der Waals surface area contributed by atoms with Crippen LogP contribution in [-0.4, -0.2) is 50.8 Å². The number of carbonyl (C=O) groups excluding carboxylic acids is 1. The zero-order valence-corrected chi connectivity index (χ0v) is 12.9. The van der Waals surface area contributed by atoms with Crippen LogP contribution in [0.15, 0.2) is 24.3 Å². The van der Waals surface area contributed by atoms with E-state index in [4.69, 9.17) is 0 Å². The van der Waals surface area contributed by atoms with Gasteiger partial charge in [0, 0.05) is 6.54 Å². The molecule has 7 heteroatoms. The number of likely N-dealkylation sites (N-methyl/N-ethyl adjacent to an activating group) is 1. The summed E-state index contributed by atoms with van der Waals surface area (Å²) in [5.74, 6) is -0.566. The van der Waals surface area contributed by atoms with Crippen molar-refractivity contribution in [2.75, 3.05) is 33.9 Å². The van der Waals surface area contributed by atoms with Gasteiger partial charge in [-0.3, -0.25) is 4.79 Å². The summed E-state index contributed by atoms with van der Waals surface area (Å²) < 4.78 is 40.1. The summed E-state index contributed by atoms with van der Waals surface area (Å²) >= 11 is 0. The van der Waals surface area contributed by atoms with Crippen molar-refractivity contribution in [2.45, 2.75) is 19.1 Å². The molecule has 0 radical (unpaired) electrons. The molecule has 1 N–H and O–H groups in total. The van der Waals surface area contributed by atoms with Crippen molar-refractivity contribution in [2.24, 2.45) is 0 Å². The Labute approximate surface area is 128 Å². The molecule has 1 aromatic carbocycles. The lowest BCUT2D eigenvalue weighted by Gasteiger charge is -2.25. The maximum atomic E-state index is 11.9. The molecule has 1 atom stereocenters. The monoisotopic (exact) mass is 318 g/mol. The molecule has 1 rings (SSSR count). The molecule has 0 spiro atoms. The number of amides is 1. The fourth-order valence-electron chi connectivity index (χ4n) is 1.91. The van der Waals surface area contributed by atoms with E-state index >= 15 is 0 Å². The van der Waals surface area contributed by atoms with Gasteiger partial charge in [0.05, 0.1) is 6.04 Å². The molecule has 0 aliphatic heterocycles. The number of hydrogen-bond acceptors (Lipinski definition) is 3. The van der Waals surface area contributed by atoms with Crippen LogP contribution in [-0.2, 0) is 9.53 Å². The molecule has 22 heavy (non-hydrogen) atoms. The molecule has 0 bridgehead atoms. The summed E-state index contributed by atoms with van der Waals surface area (Å²) in [5.41, 5.74) is 2.15. The predicted molar refractivity (Wildman–Crippen MR) is 77.5 cm³/mol. The number of nitrogens with zero attached hydrogens (tertiary/aromatic N) is 1. The van der Waals surface area contributed by atoms with Crippen LogP contribution in [0.5, 0.6) is 0 Å². The van der Waals surface area contributed by atoms with E-state index in [-0.39, 0.29) is 6.04 Å². The van der Waals surface area contributed by atoms with Gasteiger partial charge in [0.15, 0.2) is 0 Å². The zero-order chi connectivity index (χ0) is 16.8. The first-order valence-electron chi connectivity index (χ1n) is 6.83. The number of ether oxygens (including phenoxy) is 1. The summed E-state index contributed by atoms with van der Waals surface area (Å²) in [5, 5.41) is 2.59. The Morgan fingerprint density at radius 1 is 1.27 bits per heavy atom. The normalized spacial score (nSPS) is 13.2. The third-order valence-electron chi connectivity index (χ3n) is 3.08. The van der Waals surface area contributed by atoms with Crippen molar-refractivity contribution in [1.82, 2.24) is 10.2 Å². The number of nitrogens with one attached hydrogen (secondary N) is 1. The van der Waals surface area contributed by atoms with Gasteiger partial charge in [0.25, 0.3) is 0 Å². The van der Waals surface area contributed by atoms with E-state index in [1.165, 1.54) is 0 Å². The quantitative estimate of drug-likeness (QED) is 0.839. The van der Waals surface area contributed by atoms with E-state index in [1.54, 1.807) is 0 Å². The zero-order valence-electron chi connectivity index (χ0n) is 12.9. The van der Waals surface area contributed by atoms with Gasteiger partial charge in [-0.05, 0) is 26.6 Å². The number of rotatable bonds is 7. The van der Waals surface area contributed by atoms with Gasteiger partial charge >= 0.3 is 6.18 Å². The van der Waals surface area contributed by atoms with Crippen molar-refractivity contribution < 1.29 is 22.7 Å². The average molecular weight is 318 g/mol. The van der Waals surface area contributed by atoms with Gasteiger partial charge in [0.2, 0.25) is 5.91 Å². The standard InChI is InChI=1S/C15H21F3N2O2/c1-11-4-6-12(7-5-11)13(20(2)3)8-19-14(21)9-22-10-15(16,17)18/h4-7,13H,8-10H2,1-3H3,(H,19,21). The molecule has 0 heterocycles. The second-order valence-electron chi connectivity index (χ2n) is 5.30. The summed E-state index contributed by atoms with van der Waals surface area (Å²) in [6.07, 6.45) is -4.42. The Balaban J connectivity index is 2.48. The molecule has 0 fully saturated rings. The Morgan fingerprint density at radius 3 is 2.36 bits per heavy atom. The van der Waals surface area contributed by atoms with Crippen LogP contribution >= 0.6 is 0 Å². The molecule has 1 aromatic rings. The van der Waals surface area contributed by atoms with Gasteiger partial charge in [-0.1, -0.05) is 29.8 Å². The number of carbonyl (C=O) groups is 1. The summed E-state index contributed by atoms with van der Waals surface area (Å²) in [6, 6.07) is 7.81. The van der Waals surface area contributed by atoms with Crippen molar-refractivity contribution in [3.05, 3.63) is 35.4 Å². The number of halogens is 3. The lowest BCUT2D eigenvalue weighted by molar-refractivity contribution is -0.175. The first-order chi connectivity index (χ1) is 10.2. The molecule has 0 aliphatic rings. The molecule has 124 valence electrons. The molecule has 0 saturated carbocycles. The van der Waals surface area contributed by atoms with Crippen LogP contribution in [0, 0.1) is 6.92 Å². The van der Waals surface area contributed by atoms with Crippen molar-refractivity contribution in [1.29, 1.82) is 0 Å². The van der Waals surface area contributed by atoms with E-state index in [0.29, 0.717) is 6.54 Å². The van der Waals surface area contributed by atoms with Crippen molar-refractivity contribution in [3.8, 4) is 0 Å². The van der Waals surface area contributed by atoms with Crippen LogP contribution in [0.1, 0.15) is 17.2 Å². The van der Waals surface area contributed by atoms with Crippen molar-refractivity contribution in [3.63, 3.8) is 0 Å². The Morgan fingerprint density at radius 2 is 1.86 bits per heavy atom. The van der Waals surface area contributed by atoms with Crippen LogP contribution in [0.3, 0.4) is 0 Å². The van der Waals surface area contributed by atoms with E-state index in [1.807, 2.05) is 50.2 Å². The highest BCUT2D eigenvalue weighted by Gasteiger charge is 2.27. The summed E-state index contributed by atoms with van der Waals surface area (Å²) in [7, 11) is 3.74. The maximum absolute atomic E-state index is 11.9. The number of alkyl halides is 3. The first-order valence-corrected chi connectivity index (χ1v) is 6.83.